The van der Waals surface area contributed by atoms with Crippen LogP contribution >= 0.6 is 11.8 Å². The van der Waals surface area contributed by atoms with Crippen LogP contribution in [0.25, 0.3) is 6.08 Å². The number of carbonyl (C=O) groups is 1. The number of nitrogens with one attached hydrogen (secondary N) is 1. The van der Waals surface area contributed by atoms with Gasteiger partial charge in [-0.1, -0.05) is 19.4 Å². The van der Waals surface area contributed by atoms with E-state index >= 15 is 0 Å². The molecule has 4 rings (SSSR count). The second-order valence-electron chi connectivity index (χ2n) is 5.73. The number of rotatable bonds is 4. The molecule has 3 heterocycles. The number of benzene rings is 1. The van der Waals surface area contributed by atoms with Gasteiger partial charge in [0.1, 0.15) is 5.04 Å². The van der Waals surface area contributed by atoms with Gasteiger partial charge in [0.05, 0.1) is 5.57 Å². The number of ether oxygens (including phenoxy) is 2. The summed E-state index contributed by atoms with van der Waals surface area (Å²) in [6.07, 6.45) is 4.56. The minimum atomic E-state index is -0.423. The van der Waals surface area contributed by atoms with Gasteiger partial charge in [-0.05, 0) is 48.4 Å². The third kappa shape index (κ3) is 2.93. The number of thioether (sulfide) groups is 1. The quantitative estimate of drug-likeness (QED) is 0.837. The Bertz CT molecular complexity index is 859. The SMILES string of the molecule is CCCCC1=NN2C(=N)/C(=C/c3ccc4c(c3)OCO4)C(=O)N=C2S1. The number of hydrogen-bond donors (Lipinski definition) is 1. The molecular weight excluding hydrogens is 340 g/mol. The molecule has 128 valence electrons. The first-order valence-corrected chi connectivity index (χ1v) is 8.86. The summed E-state index contributed by atoms with van der Waals surface area (Å²) in [4.78, 5) is 16.5. The number of hydrazone groups is 1. The average Bonchev–Trinajstić information content (AvgIpc) is 3.22. The Morgan fingerprint density at radius 2 is 2.20 bits per heavy atom. The zero-order chi connectivity index (χ0) is 17.4. The van der Waals surface area contributed by atoms with E-state index in [0.717, 1.165) is 29.9 Å². The molecule has 0 aromatic heterocycles. The molecule has 0 atom stereocenters. The highest BCUT2D eigenvalue weighted by Gasteiger charge is 2.35. The third-order valence-electron chi connectivity index (χ3n) is 3.95. The van der Waals surface area contributed by atoms with Crippen molar-refractivity contribution >= 4 is 39.8 Å². The van der Waals surface area contributed by atoms with Crippen LogP contribution in [-0.4, -0.2) is 33.8 Å². The van der Waals surface area contributed by atoms with E-state index in [-0.39, 0.29) is 18.2 Å². The normalized spacial score (nSPS) is 20.0. The first-order chi connectivity index (χ1) is 12.2. The summed E-state index contributed by atoms with van der Waals surface area (Å²) in [5.41, 5.74) is 0.960. The van der Waals surface area contributed by atoms with Crippen molar-refractivity contribution in [2.24, 2.45) is 10.1 Å². The van der Waals surface area contributed by atoms with Crippen molar-refractivity contribution in [3.05, 3.63) is 29.3 Å². The van der Waals surface area contributed by atoms with Crippen molar-refractivity contribution in [3.63, 3.8) is 0 Å². The number of hydrogen-bond acceptors (Lipinski definition) is 6. The number of unbranched alkanes of at least 4 members (excludes halogenated alkanes) is 1. The molecule has 1 amide bonds. The topological polar surface area (TPSA) is 87.3 Å². The predicted molar refractivity (Wildman–Crippen MR) is 97.1 cm³/mol. The lowest BCUT2D eigenvalue weighted by molar-refractivity contribution is -0.114. The second kappa shape index (κ2) is 6.36. The van der Waals surface area contributed by atoms with Crippen LogP contribution in [0.5, 0.6) is 11.5 Å². The Balaban J connectivity index is 1.62. The molecule has 1 aromatic rings. The number of carbonyl (C=O) groups excluding carboxylic acids is 1. The summed E-state index contributed by atoms with van der Waals surface area (Å²) in [5.74, 6) is 0.929. The standard InChI is InChI=1S/C17H16N4O3S/c1-2-3-4-14-20-21-15(18)11(16(22)19-17(21)25-14)7-10-5-6-12-13(8-10)24-9-23-12/h5-8,18H,2-4,9H2,1H3/b11-7-,18-15?. The van der Waals surface area contributed by atoms with Gasteiger partial charge in [0.25, 0.3) is 5.91 Å². The van der Waals surface area contributed by atoms with Crippen molar-refractivity contribution in [1.82, 2.24) is 5.01 Å². The van der Waals surface area contributed by atoms with Crippen LogP contribution in [0.15, 0.2) is 33.9 Å². The number of aliphatic imine (C=N–C) groups is 1. The highest BCUT2D eigenvalue weighted by atomic mass is 32.2. The fourth-order valence-corrected chi connectivity index (χ4v) is 3.56. The lowest BCUT2D eigenvalue weighted by Gasteiger charge is -2.20. The minimum absolute atomic E-state index is 0.0478. The van der Waals surface area contributed by atoms with E-state index in [4.69, 9.17) is 14.9 Å². The fourth-order valence-electron chi connectivity index (χ4n) is 2.63. The number of fused-ring (bicyclic) bond motifs is 2. The van der Waals surface area contributed by atoms with Crippen molar-refractivity contribution in [2.45, 2.75) is 26.2 Å². The lowest BCUT2D eigenvalue weighted by Crippen LogP contribution is -2.35. The molecule has 0 bridgehead atoms. The van der Waals surface area contributed by atoms with E-state index in [9.17, 15) is 4.79 Å². The molecule has 0 fully saturated rings. The van der Waals surface area contributed by atoms with Crippen molar-refractivity contribution in [1.29, 1.82) is 5.41 Å². The molecule has 0 saturated carbocycles. The van der Waals surface area contributed by atoms with Gasteiger partial charge in [0.2, 0.25) is 12.0 Å². The van der Waals surface area contributed by atoms with E-state index in [1.807, 2.05) is 6.07 Å². The first kappa shape index (κ1) is 15.9. The molecule has 3 aliphatic rings. The fraction of sp³-hybridized carbons (Fsp3) is 0.294. The summed E-state index contributed by atoms with van der Waals surface area (Å²) < 4.78 is 10.6. The summed E-state index contributed by atoms with van der Waals surface area (Å²) in [6.45, 7) is 2.31. The lowest BCUT2D eigenvalue weighted by atomic mass is 10.1. The van der Waals surface area contributed by atoms with Gasteiger partial charge >= 0.3 is 0 Å². The molecule has 3 aliphatic heterocycles. The molecule has 0 saturated heterocycles. The molecule has 0 aliphatic carbocycles. The molecule has 0 radical (unpaired) electrons. The van der Waals surface area contributed by atoms with Crippen LogP contribution in [-0.2, 0) is 4.79 Å². The Morgan fingerprint density at radius 1 is 1.36 bits per heavy atom. The smallest absolute Gasteiger partial charge is 0.283 e. The Labute approximate surface area is 148 Å². The van der Waals surface area contributed by atoms with Crippen molar-refractivity contribution in [3.8, 4) is 11.5 Å². The highest BCUT2D eigenvalue weighted by molar-refractivity contribution is 8.26. The summed E-state index contributed by atoms with van der Waals surface area (Å²) in [7, 11) is 0. The zero-order valence-corrected chi connectivity index (χ0v) is 14.4. The van der Waals surface area contributed by atoms with Crippen LogP contribution in [0, 0.1) is 5.41 Å². The van der Waals surface area contributed by atoms with Gasteiger partial charge in [0, 0.05) is 0 Å². The Hall–Kier alpha value is -2.61. The molecule has 7 nitrogen and oxygen atoms in total. The molecular formula is C17H16N4O3S. The van der Waals surface area contributed by atoms with Gasteiger partial charge < -0.3 is 9.47 Å². The Morgan fingerprint density at radius 3 is 3.04 bits per heavy atom. The van der Waals surface area contributed by atoms with E-state index in [1.165, 1.54) is 16.8 Å². The van der Waals surface area contributed by atoms with E-state index in [1.54, 1.807) is 18.2 Å². The minimum Gasteiger partial charge on any atom is -0.454 e. The van der Waals surface area contributed by atoms with Crippen LogP contribution in [0.3, 0.4) is 0 Å². The average molecular weight is 356 g/mol. The maximum Gasteiger partial charge on any atom is 0.283 e. The number of nitrogens with zero attached hydrogens (tertiary/aromatic N) is 3. The maximum atomic E-state index is 12.4. The highest BCUT2D eigenvalue weighted by Crippen LogP contribution is 2.34. The Kier molecular flexibility index (Phi) is 4.04. The molecule has 0 unspecified atom stereocenters. The second-order valence-corrected chi connectivity index (χ2v) is 6.77. The molecule has 8 heteroatoms. The monoisotopic (exact) mass is 356 g/mol. The molecule has 1 aromatic carbocycles. The van der Waals surface area contributed by atoms with Gasteiger partial charge in [-0.25, -0.2) is 0 Å². The largest absolute Gasteiger partial charge is 0.454 e. The van der Waals surface area contributed by atoms with Crippen molar-refractivity contribution in [2.75, 3.05) is 6.79 Å². The van der Waals surface area contributed by atoms with Crippen LogP contribution < -0.4 is 9.47 Å². The maximum absolute atomic E-state index is 12.4. The number of amides is 1. The zero-order valence-electron chi connectivity index (χ0n) is 13.6. The van der Waals surface area contributed by atoms with Crippen LogP contribution in [0.1, 0.15) is 31.7 Å². The summed E-state index contributed by atoms with van der Waals surface area (Å²) in [6, 6.07) is 5.38. The predicted octanol–water partition coefficient (Wildman–Crippen LogP) is 3.22. The van der Waals surface area contributed by atoms with Gasteiger partial charge in [-0.3, -0.25) is 10.2 Å². The van der Waals surface area contributed by atoms with Crippen molar-refractivity contribution < 1.29 is 14.3 Å². The van der Waals surface area contributed by atoms with Gasteiger partial charge in [-0.15, -0.1) is 0 Å². The van der Waals surface area contributed by atoms with E-state index in [0.29, 0.717) is 16.7 Å². The van der Waals surface area contributed by atoms with Gasteiger partial charge in [0.15, 0.2) is 17.3 Å². The summed E-state index contributed by atoms with van der Waals surface area (Å²) >= 11 is 1.37. The van der Waals surface area contributed by atoms with Crippen LogP contribution in [0.2, 0.25) is 0 Å². The molecule has 0 spiro atoms. The first-order valence-electron chi connectivity index (χ1n) is 8.04. The summed E-state index contributed by atoms with van der Waals surface area (Å²) in [5, 5.41) is 15.6. The third-order valence-corrected chi connectivity index (χ3v) is 4.92. The van der Waals surface area contributed by atoms with E-state index < -0.39 is 5.91 Å². The number of amidine groups is 2. The van der Waals surface area contributed by atoms with E-state index in [2.05, 4.69) is 17.0 Å². The molecule has 25 heavy (non-hydrogen) atoms. The van der Waals surface area contributed by atoms with Gasteiger partial charge in [-0.2, -0.15) is 15.1 Å². The molecule has 1 N–H and O–H groups in total. The van der Waals surface area contributed by atoms with Crippen LogP contribution in [0.4, 0.5) is 0 Å².